The lowest BCUT2D eigenvalue weighted by Gasteiger charge is -2.16. The molecule has 0 radical (unpaired) electrons. The van der Waals surface area contributed by atoms with Crippen LogP contribution in [0.1, 0.15) is 6.42 Å². The summed E-state index contributed by atoms with van der Waals surface area (Å²) in [5.41, 5.74) is -0.476. The molecule has 1 heterocycles. The molecule has 1 N–H and O–H groups in total. The first-order valence-electron chi connectivity index (χ1n) is 5.97. The molecule has 1 atom stereocenters. The summed E-state index contributed by atoms with van der Waals surface area (Å²) in [7, 11) is -2.23. The normalized spacial score (nSPS) is 20.2. The minimum atomic E-state index is -3.96. The van der Waals surface area contributed by atoms with Crippen LogP contribution in [0.2, 0.25) is 0 Å². The van der Waals surface area contributed by atoms with Crippen LogP contribution < -0.4 is 5.32 Å². The Kier molecular flexibility index (Phi) is 4.02. The summed E-state index contributed by atoms with van der Waals surface area (Å²) < 4.78 is 39.6. The number of nitro benzene ring substituents is 1. The second-order valence-corrected chi connectivity index (χ2v) is 6.42. The summed E-state index contributed by atoms with van der Waals surface area (Å²) in [4.78, 5) is 9.22. The number of nitrogens with zero attached hydrogens (tertiary/aromatic N) is 2. The topological polar surface area (TPSA) is 92.6 Å². The van der Waals surface area contributed by atoms with Gasteiger partial charge in [0.25, 0.3) is 5.69 Å². The lowest BCUT2D eigenvalue weighted by atomic mass is 10.3. The first kappa shape index (κ1) is 14.8. The molecule has 1 fully saturated rings. The van der Waals surface area contributed by atoms with E-state index in [4.69, 9.17) is 0 Å². The monoisotopic (exact) mass is 303 g/mol. The van der Waals surface area contributed by atoms with E-state index in [2.05, 4.69) is 5.32 Å². The van der Waals surface area contributed by atoms with E-state index in [0.29, 0.717) is 19.0 Å². The van der Waals surface area contributed by atoms with Crippen LogP contribution in [0.15, 0.2) is 23.1 Å². The van der Waals surface area contributed by atoms with Gasteiger partial charge in [-0.15, -0.1) is 0 Å². The van der Waals surface area contributed by atoms with Gasteiger partial charge in [-0.25, -0.2) is 12.8 Å². The smallest absolute Gasteiger partial charge is 0.272 e. The van der Waals surface area contributed by atoms with Crippen LogP contribution in [-0.4, -0.2) is 43.8 Å². The van der Waals surface area contributed by atoms with Gasteiger partial charge in [-0.3, -0.25) is 10.1 Å². The standard InChI is InChI=1S/C11H14FN3O4S/c1-13-8-4-5-14(7-8)20(18,19)11-3-2-9(15(16)17)6-10(11)12/h2-3,6,8,13H,4-5,7H2,1H3. The van der Waals surface area contributed by atoms with E-state index >= 15 is 0 Å². The third-order valence-electron chi connectivity index (χ3n) is 3.30. The summed E-state index contributed by atoms with van der Waals surface area (Å²) in [6, 6.07) is 2.58. The second kappa shape index (κ2) is 5.43. The molecule has 110 valence electrons. The number of non-ortho nitro benzene ring substituents is 1. The number of hydrogen-bond acceptors (Lipinski definition) is 5. The SMILES string of the molecule is CNC1CCN(S(=O)(=O)c2ccc([N+](=O)[O-])cc2F)C1. The van der Waals surface area contributed by atoms with Gasteiger partial charge in [0.2, 0.25) is 10.0 Å². The van der Waals surface area contributed by atoms with E-state index in [1.807, 2.05) is 0 Å². The first-order chi connectivity index (χ1) is 9.36. The molecule has 1 saturated heterocycles. The van der Waals surface area contributed by atoms with Crippen LogP contribution in [0.5, 0.6) is 0 Å². The van der Waals surface area contributed by atoms with Gasteiger partial charge in [-0.05, 0) is 19.5 Å². The van der Waals surface area contributed by atoms with Crippen LogP contribution in [-0.2, 0) is 10.0 Å². The Labute approximate surface area is 115 Å². The van der Waals surface area contributed by atoms with Crippen LogP contribution >= 0.6 is 0 Å². The highest BCUT2D eigenvalue weighted by atomic mass is 32.2. The fourth-order valence-electron chi connectivity index (χ4n) is 2.13. The van der Waals surface area contributed by atoms with Crippen LogP contribution in [0.4, 0.5) is 10.1 Å². The third kappa shape index (κ3) is 2.65. The van der Waals surface area contributed by atoms with Crippen LogP contribution in [0, 0.1) is 15.9 Å². The van der Waals surface area contributed by atoms with E-state index < -0.39 is 31.3 Å². The number of sulfonamides is 1. The molecule has 7 nitrogen and oxygen atoms in total. The van der Waals surface area contributed by atoms with Crippen molar-refractivity contribution >= 4 is 15.7 Å². The number of benzene rings is 1. The number of likely N-dealkylation sites (N-methyl/N-ethyl adjacent to an activating group) is 1. The maximum absolute atomic E-state index is 13.8. The summed E-state index contributed by atoms with van der Waals surface area (Å²) in [5.74, 6) is -1.10. The number of halogens is 1. The van der Waals surface area contributed by atoms with Crippen molar-refractivity contribution in [2.24, 2.45) is 0 Å². The molecule has 1 unspecified atom stereocenters. The molecule has 9 heteroatoms. The zero-order valence-corrected chi connectivity index (χ0v) is 11.6. The van der Waals surface area contributed by atoms with E-state index in [0.717, 1.165) is 12.1 Å². The zero-order chi connectivity index (χ0) is 14.9. The molecule has 0 spiro atoms. The molecule has 1 aliphatic rings. The van der Waals surface area contributed by atoms with Gasteiger partial charge in [0.05, 0.1) is 11.0 Å². The lowest BCUT2D eigenvalue weighted by Crippen LogP contribution is -2.33. The van der Waals surface area contributed by atoms with E-state index in [9.17, 15) is 22.9 Å². The van der Waals surface area contributed by atoms with Gasteiger partial charge in [0.1, 0.15) is 10.7 Å². The summed E-state index contributed by atoms with van der Waals surface area (Å²) >= 11 is 0. The molecule has 2 rings (SSSR count). The number of nitro groups is 1. The molecular weight excluding hydrogens is 289 g/mol. The molecular formula is C11H14FN3O4S. The number of nitrogens with one attached hydrogen (secondary N) is 1. The number of rotatable bonds is 4. The van der Waals surface area contributed by atoms with E-state index in [1.54, 1.807) is 7.05 Å². The molecule has 1 aliphatic heterocycles. The Morgan fingerprint density at radius 2 is 2.20 bits per heavy atom. The van der Waals surface area contributed by atoms with Gasteiger partial charge < -0.3 is 5.32 Å². The fraction of sp³-hybridized carbons (Fsp3) is 0.455. The highest BCUT2D eigenvalue weighted by Gasteiger charge is 2.34. The summed E-state index contributed by atoms with van der Waals surface area (Å²) in [5, 5.41) is 13.5. The van der Waals surface area contributed by atoms with Crippen molar-refractivity contribution in [3.05, 3.63) is 34.1 Å². The van der Waals surface area contributed by atoms with Crippen LogP contribution in [0.3, 0.4) is 0 Å². The Hall–Kier alpha value is -1.58. The van der Waals surface area contributed by atoms with Crippen molar-refractivity contribution in [1.82, 2.24) is 9.62 Å². The van der Waals surface area contributed by atoms with E-state index in [1.165, 1.54) is 4.31 Å². The largest absolute Gasteiger partial charge is 0.316 e. The molecule has 1 aromatic carbocycles. The summed E-state index contributed by atoms with van der Waals surface area (Å²) in [6.07, 6.45) is 0.643. The maximum Gasteiger partial charge on any atom is 0.272 e. The van der Waals surface area contributed by atoms with Crippen molar-refractivity contribution in [1.29, 1.82) is 0 Å². The predicted molar refractivity (Wildman–Crippen MR) is 69.3 cm³/mol. The highest BCUT2D eigenvalue weighted by Crippen LogP contribution is 2.25. The van der Waals surface area contributed by atoms with Crippen molar-refractivity contribution in [3.63, 3.8) is 0 Å². The van der Waals surface area contributed by atoms with Gasteiger partial charge in [-0.1, -0.05) is 0 Å². The van der Waals surface area contributed by atoms with Crippen LogP contribution in [0.25, 0.3) is 0 Å². The average molecular weight is 303 g/mol. The van der Waals surface area contributed by atoms with Gasteiger partial charge >= 0.3 is 0 Å². The van der Waals surface area contributed by atoms with Gasteiger partial charge in [0.15, 0.2) is 0 Å². The average Bonchev–Trinajstić information content (AvgIpc) is 2.87. The van der Waals surface area contributed by atoms with Gasteiger partial charge in [0, 0.05) is 25.2 Å². The highest BCUT2D eigenvalue weighted by molar-refractivity contribution is 7.89. The predicted octanol–water partition coefficient (Wildman–Crippen LogP) is 0.716. The minimum absolute atomic E-state index is 0.0332. The fourth-order valence-corrected chi connectivity index (χ4v) is 3.68. The van der Waals surface area contributed by atoms with Gasteiger partial charge in [-0.2, -0.15) is 4.31 Å². The third-order valence-corrected chi connectivity index (χ3v) is 5.20. The lowest BCUT2D eigenvalue weighted by molar-refractivity contribution is -0.385. The van der Waals surface area contributed by atoms with E-state index in [-0.39, 0.29) is 12.6 Å². The van der Waals surface area contributed by atoms with Crippen molar-refractivity contribution in [2.75, 3.05) is 20.1 Å². The molecule has 0 amide bonds. The molecule has 0 aromatic heterocycles. The van der Waals surface area contributed by atoms with Crippen molar-refractivity contribution < 1.29 is 17.7 Å². The quantitative estimate of drug-likeness (QED) is 0.653. The molecule has 0 saturated carbocycles. The second-order valence-electron chi connectivity index (χ2n) is 4.51. The maximum atomic E-state index is 13.8. The number of hydrogen-bond donors (Lipinski definition) is 1. The molecule has 0 aliphatic carbocycles. The Morgan fingerprint density at radius 3 is 2.70 bits per heavy atom. The zero-order valence-electron chi connectivity index (χ0n) is 10.7. The summed E-state index contributed by atoms with van der Waals surface area (Å²) in [6.45, 7) is 0.555. The van der Waals surface area contributed by atoms with Crippen molar-refractivity contribution in [3.8, 4) is 0 Å². The Bertz CT molecular complexity index is 635. The Morgan fingerprint density at radius 1 is 1.50 bits per heavy atom. The molecule has 20 heavy (non-hydrogen) atoms. The minimum Gasteiger partial charge on any atom is -0.316 e. The molecule has 1 aromatic rings. The van der Waals surface area contributed by atoms with Crippen molar-refractivity contribution in [2.45, 2.75) is 17.4 Å². The Balaban J connectivity index is 2.33. The first-order valence-corrected chi connectivity index (χ1v) is 7.41. The molecule has 0 bridgehead atoms.